The summed E-state index contributed by atoms with van der Waals surface area (Å²) >= 11 is 1.26. The van der Waals surface area contributed by atoms with Crippen molar-refractivity contribution in [3.8, 4) is 0 Å². The van der Waals surface area contributed by atoms with Crippen LogP contribution in [-0.4, -0.2) is 40.3 Å². The third-order valence-corrected chi connectivity index (χ3v) is 7.37. The smallest absolute Gasteiger partial charge is 0.253 e. The number of aryl methyl sites for hydroxylation is 1. The molecule has 1 amide bonds. The minimum atomic E-state index is -3.84. The number of nitrogens with zero attached hydrogens (tertiary/aromatic N) is 4. The lowest BCUT2D eigenvalue weighted by atomic mass is 10.1. The molecular weight excluding hydrogens is 478 g/mol. The molecule has 2 N–H and O–H groups in total. The van der Waals surface area contributed by atoms with Gasteiger partial charge in [0, 0.05) is 13.0 Å². The van der Waals surface area contributed by atoms with Crippen molar-refractivity contribution in [2.45, 2.75) is 36.0 Å². The Morgan fingerprint density at radius 3 is 2.68 bits per heavy atom. The van der Waals surface area contributed by atoms with Gasteiger partial charge in [0.1, 0.15) is 23.3 Å². The maximum atomic E-state index is 13.2. The van der Waals surface area contributed by atoms with Crippen molar-refractivity contribution in [3.63, 3.8) is 0 Å². The zero-order valence-electron chi connectivity index (χ0n) is 18.1. The summed E-state index contributed by atoms with van der Waals surface area (Å²) < 4.78 is 36.4. The number of thioether (sulfide) groups is 1. The number of amides is 1. The Labute approximate surface area is 199 Å². The van der Waals surface area contributed by atoms with Crippen molar-refractivity contribution in [3.05, 3.63) is 66.5 Å². The molecule has 176 valence electrons. The van der Waals surface area contributed by atoms with E-state index in [2.05, 4.69) is 10.1 Å². The predicted molar refractivity (Wildman–Crippen MR) is 126 cm³/mol. The molecular formula is C22H21N5O5S2. The minimum Gasteiger partial charge on any atom is -0.467 e. The second-order valence-electron chi connectivity index (χ2n) is 7.62. The average molecular weight is 500 g/mol. The van der Waals surface area contributed by atoms with Crippen LogP contribution >= 0.6 is 11.8 Å². The van der Waals surface area contributed by atoms with Crippen LogP contribution in [-0.2, 0) is 21.4 Å². The van der Waals surface area contributed by atoms with Crippen molar-refractivity contribution in [2.75, 3.05) is 5.75 Å². The number of rotatable bonds is 7. The number of imidazole rings is 1. The first kappa shape index (κ1) is 22.4. The van der Waals surface area contributed by atoms with E-state index in [0.29, 0.717) is 40.9 Å². The van der Waals surface area contributed by atoms with Crippen LogP contribution in [0.3, 0.4) is 0 Å². The monoisotopic (exact) mass is 499 g/mol. The molecule has 0 unspecified atom stereocenters. The molecule has 10 nitrogen and oxygen atoms in total. The Morgan fingerprint density at radius 2 is 2.00 bits per heavy atom. The molecule has 3 aromatic heterocycles. The first-order chi connectivity index (χ1) is 16.3. The number of nitrogens with two attached hydrogens (primary N) is 1. The van der Waals surface area contributed by atoms with Crippen LogP contribution in [0.4, 0.5) is 0 Å². The lowest BCUT2D eigenvalue weighted by Crippen LogP contribution is -2.28. The molecule has 0 spiro atoms. The SMILES string of the molecule is CCn1c(SCC(=O)N2N=C(c3ccco3)C[C@@H]2c2ccco2)nc2cc(S(N)(=O)=O)ccc21. The van der Waals surface area contributed by atoms with Gasteiger partial charge >= 0.3 is 0 Å². The van der Waals surface area contributed by atoms with E-state index in [1.807, 2.05) is 17.6 Å². The van der Waals surface area contributed by atoms with Crippen LogP contribution in [0.5, 0.6) is 0 Å². The molecule has 1 aliphatic rings. The Kier molecular flexibility index (Phi) is 5.80. The Morgan fingerprint density at radius 1 is 1.21 bits per heavy atom. The van der Waals surface area contributed by atoms with Gasteiger partial charge in [-0.3, -0.25) is 4.79 Å². The first-order valence-electron chi connectivity index (χ1n) is 10.5. The second kappa shape index (κ2) is 8.78. The Balaban J connectivity index is 1.40. The molecule has 0 fully saturated rings. The van der Waals surface area contributed by atoms with Crippen LogP contribution < -0.4 is 5.14 Å². The maximum Gasteiger partial charge on any atom is 0.253 e. The van der Waals surface area contributed by atoms with Crippen molar-refractivity contribution in [2.24, 2.45) is 10.2 Å². The normalized spacial score (nSPS) is 16.4. The summed E-state index contributed by atoms with van der Waals surface area (Å²) in [5.74, 6) is 1.11. The van der Waals surface area contributed by atoms with E-state index in [9.17, 15) is 13.2 Å². The third kappa shape index (κ3) is 4.15. The number of carbonyl (C=O) groups excluding carboxylic acids is 1. The number of carbonyl (C=O) groups is 1. The van der Waals surface area contributed by atoms with Crippen LogP contribution in [0.1, 0.15) is 30.9 Å². The molecule has 0 aliphatic carbocycles. The summed E-state index contributed by atoms with van der Waals surface area (Å²) in [4.78, 5) is 17.8. The predicted octanol–water partition coefficient (Wildman–Crippen LogP) is 3.36. The number of hydrazone groups is 1. The molecule has 0 saturated carbocycles. The van der Waals surface area contributed by atoms with Crippen LogP contribution in [0.25, 0.3) is 11.0 Å². The molecule has 0 bridgehead atoms. The Bertz CT molecular complexity index is 1470. The number of furan rings is 2. The fourth-order valence-electron chi connectivity index (χ4n) is 3.91. The zero-order chi connectivity index (χ0) is 23.9. The van der Waals surface area contributed by atoms with Gasteiger partial charge in [-0.1, -0.05) is 11.8 Å². The third-order valence-electron chi connectivity index (χ3n) is 5.50. The molecule has 5 rings (SSSR count). The van der Waals surface area contributed by atoms with Crippen LogP contribution in [0.15, 0.2) is 79.0 Å². The number of benzene rings is 1. The van der Waals surface area contributed by atoms with Gasteiger partial charge in [-0.05, 0) is 49.4 Å². The quantitative estimate of drug-likeness (QED) is 0.385. The lowest BCUT2D eigenvalue weighted by molar-refractivity contribution is -0.130. The van der Waals surface area contributed by atoms with E-state index in [0.717, 1.165) is 5.52 Å². The molecule has 4 heterocycles. The number of primary sulfonamides is 1. The van der Waals surface area contributed by atoms with Gasteiger partial charge in [0.15, 0.2) is 5.16 Å². The molecule has 12 heteroatoms. The van der Waals surface area contributed by atoms with E-state index in [4.69, 9.17) is 14.0 Å². The van der Waals surface area contributed by atoms with E-state index < -0.39 is 10.0 Å². The van der Waals surface area contributed by atoms with Crippen molar-refractivity contribution < 1.29 is 22.0 Å². The van der Waals surface area contributed by atoms with Crippen molar-refractivity contribution >= 4 is 44.4 Å². The molecule has 1 atom stereocenters. The number of fused-ring (bicyclic) bond motifs is 1. The molecule has 1 aliphatic heterocycles. The summed E-state index contributed by atoms with van der Waals surface area (Å²) in [6.07, 6.45) is 3.61. The number of hydrogen-bond donors (Lipinski definition) is 1. The first-order valence-corrected chi connectivity index (χ1v) is 13.0. The standard InChI is InChI=1S/C22H21N5O5S2/c1-2-26-17-8-7-14(34(23,29)30)11-15(17)24-22(26)33-13-21(28)27-18(20-6-4-10-32-20)12-16(25-27)19-5-3-9-31-19/h3-11,18H,2,12-13H2,1H3,(H2,23,29,30)/t18-/m1/s1. The Hall–Kier alpha value is -3.35. The highest BCUT2D eigenvalue weighted by Gasteiger charge is 2.35. The number of sulfonamides is 1. The minimum absolute atomic E-state index is 0.00784. The maximum absolute atomic E-state index is 13.2. The van der Waals surface area contributed by atoms with Gasteiger partial charge in [-0.25, -0.2) is 23.5 Å². The highest BCUT2D eigenvalue weighted by molar-refractivity contribution is 7.99. The van der Waals surface area contributed by atoms with E-state index >= 15 is 0 Å². The van der Waals surface area contributed by atoms with E-state index in [1.54, 1.807) is 36.8 Å². The summed E-state index contributed by atoms with van der Waals surface area (Å²) in [5, 5.41) is 11.8. The van der Waals surface area contributed by atoms with Gasteiger partial charge < -0.3 is 13.4 Å². The molecule has 0 saturated heterocycles. The molecule has 0 radical (unpaired) electrons. The van der Waals surface area contributed by atoms with Crippen LogP contribution in [0, 0.1) is 0 Å². The number of aromatic nitrogens is 2. The zero-order valence-corrected chi connectivity index (χ0v) is 19.8. The fraction of sp³-hybridized carbons (Fsp3) is 0.227. The van der Waals surface area contributed by atoms with Gasteiger partial charge in [0.25, 0.3) is 5.91 Å². The molecule has 1 aromatic carbocycles. The highest BCUT2D eigenvalue weighted by Crippen LogP contribution is 2.34. The lowest BCUT2D eigenvalue weighted by Gasteiger charge is -2.19. The van der Waals surface area contributed by atoms with Crippen LogP contribution in [0.2, 0.25) is 0 Å². The number of hydrogen-bond acceptors (Lipinski definition) is 8. The molecule has 4 aromatic rings. The van der Waals surface area contributed by atoms with E-state index in [-0.39, 0.29) is 22.6 Å². The second-order valence-corrected chi connectivity index (χ2v) is 10.1. The van der Waals surface area contributed by atoms with Gasteiger partial charge in [0.2, 0.25) is 10.0 Å². The topological polar surface area (TPSA) is 137 Å². The van der Waals surface area contributed by atoms with E-state index in [1.165, 1.54) is 28.9 Å². The average Bonchev–Trinajstić information content (AvgIpc) is 3.60. The highest BCUT2D eigenvalue weighted by atomic mass is 32.2. The van der Waals surface area contributed by atoms with Gasteiger partial charge in [-0.2, -0.15) is 5.10 Å². The summed E-state index contributed by atoms with van der Waals surface area (Å²) in [6, 6.07) is 11.4. The largest absolute Gasteiger partial charge is 0.467 e. The fourth-order valence-corrected chi connectivity index (χ4v) is 5.37. The summed E-state index contributed by atoms with van der Waals surface area (Å²) in [7, 11) is -3.84. The van der Waals surface area contributed by atoms with Gasteiger partial charge in [-0.15, -0.1) is 0 Å². The van der Waals surface area contributed by atoms with Crippen molar-refractivity contribution in [1.29, 1.82) is 0 Å². The van der Waals surface area contributed by atoms with Gasteiger partial charge in [0.05, 0.1) is 34.2 Å². The molecule has 34 heavy (non-hydrogen) atoms. The summed E-state index contributed by atoms with van der Waals surface area (Å²) in [6.45, 7) is 2.55. The van der Waals surface area contributed by atoms with Crippen molar-refractivity contribution in [1.82, 2.24) is 14.6 Å². The summed E-state index contributed by atoms with van der Waals surface area (Å²) in [5.41, 5.74) is 1.93.